The molecule has 12 heavy (non-hydrogen) atoms. The van der Waals surface area contributed by atoms with Gasteiger partial charge in [0.15, 0.2) is 0 Å². The molecule has 1 aromatic rings. The molecular formula is C7H4Cl2O3. The van der Waals surface area contributed by atoms with Gasteiger partial charge in [-0.1, -0.05) is 29.3 Å². The van der Waals surface area contributed by atoms with Crippen LogP contribution in [0.2, 0.25) is 10.0 Å². The lowest BCUT2D eigenvalue weighted by Crippen LogP contribution is -2.02. The second-order valence-corrected chi connectivity index (χ2v) is 2.77. The molecule has 0 fully saturated rings. The SMILES string of the molecule is O=C(OO)c1cccc(Cl)c1Cl. The smallest absolute Gasteiger partial charge is 0.295 e. The fourth-order valence-electron chi connectivity index (χ4n) is 0.711. The van der Waals surface area contributed by atoms with Gasteiger partial charge in [-0.05, 0) is 12.1 Å². The molecule has 1 aromatic carbocycles. The van der Waals surface area contributed by atoms with Crippen LogP contribution >= 0.6 is 23.2 Å². The van der Waals surface area contributed by atoms with Gasteiger partial charge < -0.3 is 0 Å². The quantitative estimate of drug-likeness (QED) is 0.568. The van der Waals surface area contributed by atoms with Crippen molar-refractivity contribution in [1.29, 1.82) is 0 Å². The zero-order valence-corrected chi connectivity index (χ0v) is 7.26. The van der Waals surface area contributed by atoms with Crippen LogP contribution in [0.3, 0.4) is 0 Å². The minimum absolute atomic E-state index is 0.0340. The molecule has 0 bridgehead atoms. The Morgan fingerprint density at radius 2 is 2.08 bits per heavy atom. The summed E-state index contributed by atoms with van der Waals surface area (Å²) >= 11 is 11.2. The van der Waals surface area contributed by atoms with E-state index in [1.54, 1.807) is 0 Å². The summed E-state index contributed by atoms with van der Waals surface area (Å²) in [5.74, 6) is -0.928. The maximum atomic E-state index is 10.8. The van der Waals surface area contributed by atoms with Crippen molar-refractivity contribution in [2.45, 2.75) is 0 Å². The lowest BCUT2D eigenvalue weighted by molar-refractivity contribution is -0.182. The number of halogens is 2. The van der Waals surface area contributed by atoms with Gasteiger partial charge in [0.05, 0.1) is 15.6 Å². The number of rotatable bonds is 1. The van der Waals surface area contributed by atoms with Crippen molar-refractivity contribution in [2.75, 3.05) is 0 Å². The molecule has 5 heteroatoms. The number of benzene rings is 1. The van der Waals surface area contributed by atoms with E-state index in [4.69, 9.17) is 28.5 Å². The predicted molar refractivity (Wildman–Crippen MR) is 44.5 cm³/mol. The Labute approximate surface area is 78.4 Å². The molecule has 0 unspecified atom stereocenters. The highest BCUT2D eigenvalue weighted by atomic mass is 35.5. The zero-order chi connectivity index (χ0) is 9.14. The van der Waals surface area contributed by atoms with E-state index >= 15 is 0 Å². The van der Waals surface area contributed by atoms with Crippen LogP contribution in [0.25, 0.3) is 0 Å². The largest absolute Gasteiger partial charge is 0.374 e. The number of carbonyl (C=O) groups excluding carboxylic acids is 1. The molecular weight excluding hydrogens is 203 g/mol. The standard InChI is InChI=1S/C7H4Cl2O3/c8-5-3-1-2-4(6(5)9)7(10)12-11/h1-3,11H. The van der Waals surface area contributed by atoms with Gasteiger partial charge in [0, 0.05) is 0 Å². The minimum atomic E-state index is -0.928. The molecule has 0 spiro atoms. The van der Waals surface area contributed by atoms with Gasteiger partial charge in [0.25, 0.3) is 0 Å². The Balaban J connectivity index is 3.16. The van der Waals surface area contributed by atoms with E-state index in [2.05, 4.69) is 4.89 Å². The highest BCUT2D eigenvalue weighted by molar-refractivity contribution is 6.43. The molecule has 1 rings (SSSR count). The fourth-order valence-corrected chi connectivity index (χ4v) is 1.09. The second kappa shape index (κ2) is 3.76. The van der Waals surface area contributed by atoms with E-state index in [-0.39, 0.29) is 15.6 Å². The monoisotopic (exact) mass is 206 g/mol. The third-order valence-corrected chi connectivity index (χ3v) is 2.07. The molecule has 1 N–H and O–H groups in total. The van der Waals surface area contributed by atoms with E-state index in [1.807, 2.05) is 0 Å². The van der Waals surface area contributed by atoms with Gasteiger partial charge in [-0.2, -0.15) is 5.26 Å². The topological polar surface area (TPSA) is 46.5 Å². The maximum Gasteiger partial charge on any atom is 0.374 e. The van der Waals surface area contributed by atoms with E-state index < -0.39 is 5.97 Å². The lowest BCUT2D eigenvalue weighted by Gasteiger charge is -2.00. The van der Waals surface area contributed by atoms with Gasteiger partial charge in [-0.15, -0.1) is 0 Å². The van der Waals surface area contributed by atoms with E-state index in [0.717, 1.165) is 0 Å². The third-order valence-electron chi connectivity index (χ3n) is 1.25. The third kappa shape index (κ3) is 1.69. The van der Waals surface area contributed by atoms with Gasteiger partial charge >= 0.3 is 5.97 Å². The summed E-state index contributed by atoms with van der Waals surface area (Å²) in [4.78, 5) is 14.3. The van der Waals surface area contributed by atoms with Crippen LogP contribution < -0.4 is 0 Å². The van der Waals surface area contributed by atoms with Crippen LogP contribution in [0.5, 0.6) is 0 Å². The van der Waals surface area contributed by atoms with Crippen LogP contribution in [0, 0.1) is 0 Å². The minimum Gasteiger partial charge on any atom is -0.295 e. The summed E-state index contributed by atoms with van der Waals surface area (Å²) < 4.78 is 0. The molecule has 0 aliphatic heterocycles. The van der Waals surface area contributed by atoms with Crippen LogP contribution in [0.1, 0.15) is 10.4 Å². The molecule has 0 aliphatic rings. The Kier molecular flexibility index (Phi) is 2.92. The van der Waals surface area contributed by atoms with Gasteiger partial charge in [-0.25, -0.2) is 4.79 Å². The number of carbonyl (C=O) groups is 1. The Hall–Kier alpha value is -0.770. The fraction of sp³-hybridized carbons (Fsp3) is 0. The molecule has 0 aromatic heterocycles. The normalized spacial score (nSPS) is 9.58. The molecule has 0 saturated carbocycles. The zero-order valence-electron chi connectivity index (χ0n) is 5.75. The van der Waals surface area contributed by atoms with Crippen molar-refractivity contribution in [3.8, 4) is 0 Å². The highest BCUT2D eigenvalue weighted by Gasteiger charge is 2.13. The summed E-state index contributed by atoms with van der Waals surface area (Å²) in [6.45, 7) is 0. The average molecular weight is 207 g/mol. The first-order valence-electron chi connectivity index (χ1n) is 2.96. The Morgan fingerprint density at radius 3 is 2.67 bits per heavy atom. The van der Waals surface area contributed by atoms with Crippen molar-refractivity contribution in [3.63, 3.8) is 0 Å². The first kappa shape index (κ1) is 9.32. The van der Waals surface area contributed by atoms with Crippen molar-refractivity contribution < 1.29 is 14.9 Å². The van der Waals surface area contributed by atoms with Gasteiger partial charge in [0.1, 0.15) is 0 Å². The second-order valence-electron chi connectivity index (χ2n) is 1.98. The van der Waals surface area contributed by atoms with Crippen molar-refractivity contribution in [1.82, 2.24) is 0 Å². The van der Waals surface area contributed by atoms with Crippen molar-refractivity contribution >= 4 is 29.2 Å². The molecule has 0 heterocycles. The Bertz CT molecular complexity index is 312. The summed E-state index contributed by atoms with van der Waals surface area (Å²) in [5, 5.41) is 8.36. The van der Waals surface area contributed by atoms with Crippen LogP contribution in [-0.2, 0) is 4.89 Å². The maximum absolute atomic E-state index is 10.8. The molecule has 0 amide bonds. The first-order chi connectivity index (χ1) is 5.66. The van der Waals surface area contributed by atoms with Gasteiger partial charge in [-0.3, -0.25) is 4.89 Å². The molecule has 0 atom stereocenters. The lowest BCUT2D eigenvalue weighted by atomic mass is 10.2. The molecule has 0 aliphatic carbocycles. The van der Waals surface area contributed by atoms with E-state index in [1.165, 1.54) is 18.2 Å². The van der Waals surface area contributed by atoms with Crippen molar-refractivity contribution in [2.24, 2.45) is 0 Å². The molecule has 0 saturated heterocycles. The van der Waals surface area contributed by atoms with Crippen LogP contribution in [0.15, 0.2) is 18.2 Å². The molecule has 3 nitrogen and oxygen atoms in total. The first-order valence-corrected chi connectivity index (χ1v) is 3.72. The highest BCUT2D eigenvalue weighted by Crippen LogP contribution is 2.25. The van der Waals surface area contributed by atoms with Gasteiger partial charge in [0.2, 0.25) is 0 Å². The van der Waals surface area contributed by atoms with Crippen molar-refractivity contribution in [3.05, 3.63) is 33.8 Å². The summed E-state index contributed by atoms with van der Waals surface area (Å²) in [5.41, 5.74) is 0.0340. The van der Waals surface area contributed by atoms with Crippen LogP contribution in [-0.4, -0.2) is 11.2 Å². The molecule has 64 valence electrons. The summed E-state index contributed by atoms with van der Waals surface area (Å²) in [7, 11) is 0. The number of hydrogen-bond acceptors (Lipinski definition) is 3. The van der Waals surface area contributed by atoms with Crippen LogP contribution in [0.4, 0.5) is 0 Å². The predicted octanol–water partition coefficient (Wildman–Crippen LogP) is 2.62. The van der Waals surface area contributed by atoms with E-state index in [0.29, 0.717) is 0 Å². The molecule has 0 radical (unpaired) electrons. The summed E-state index contributed by atoms with van der Waals surface area (Å²) in [6, 6.07) is 4.45. The average Bonchev–Trinajstić information content (AvgIpc) is 2.08. The summed E-state index contributed by atoms with van der Waals surface area (Å²) in [6.07, 6.45) is 0. The number of hydrogen-bond donors (Lipinski definition) is 1. The Morgan fingerprint density at radius 1 is 1.42 bits per heavy atom. The van der Waals surface area contributed by atoms with E-state index in [9.17, 15) is 4.79 Å².